The van der Waals surface area contributed by atoms with Crippen LogP contribution in [-0.2, 0) is 17.5 Å². The molecule has 3 atom stereocenters. The summed E-state index contributed by atoms with van der Waals surface area (Å²) in [6.07, 6.45) is -3.66. The van der Waals surface area contributed by atoms with Crippen molar-refractivity contribution < 1.29 is 26.7 Å². The first-order valence-electron chi connectivity index (χ1n) is 9.15. The molecule has 2 aromatic carbocycles. The Morgan fingerprint density at radius 3 is 2.45 bits per heavy atom. The van der Waals surface area contributed by atoms with E-state index in [9.17, 15) is 22.0 Å². The molecule has 2 aliphatic rings. The molecule has 0 aliphatic carbocycles. The van der Waals surface area contributed by atoms with Gasteiger partial charge in [-0.05, 0) is 50.1 Å². The van der Waals surface area contributed by atoms with Gasteiger partial charge >= 0.3 is 6.18 Å². The summed E-state index contributed by atoms with van der Waals surface area (Å²) in [5, 5.41) is 3.39. The highest BCUT2D eigenvalue weighted by Crippen LogP contribution is 2.49. The number of halogens is 6. The molecule has 2 aliphatic heterocycles. The van der Waals surface area contributed by atoms with Crippen molar-refractivity contribution >= 4 is 12.4 Å². The van der Waals surface area contributed by atoms with Gasteiger partial charge in [0.2, 0.25) is 5.67 Å². The Morgan fingerprint density at radius 2 is 1.79 bits per heavy atom. The first kappa shape index (κ1) is 21.8. The van der Waals surface area contributed by atoms with Crippen molar-refractivity contribution in [1.29, 1.82) is 0 Å². The zero-order valence-electron chi connectivity index (χ0n) is 15.7. The van der Waals surface area contributed by atoms with E-state index < -0.39 is 22.8 Å². The largest absolute Gasteiger partial charge is 0.492 e. The summed E-state index contributed by atoms with van der Waals surface area (Å²) < 4.78 is 72.7. The summed E-state index contributed by atoms with van der Waals surface area (Å²) in [4.78, 5) is 0. The molecule has 1 N–H and O–H groups in total. The number of fused-ring (bicyclic) bond motifs is 3. The maximum Gasteiger partial charge on any atom is 0.426 e. The second-order valence-corrected chi connectivity index (χ2v) is 7.74. The predicted molar refractivity (Wildman–Crippen MR) is 102 cm³/mol. The molecule has 29 heavy (non-hydrogen) atoms. The second kappa shape index (κ2) is 7.43. The zero-order chi connectivity index (χ0) is 20.2. The fraction of sp³-hybridized carbons (Fsp3) is 0.429. The zero-order valence-corrected chi connectivity index (χ0v) is 16.5. The summed E-state index contributed by atoms with van der Waals surface area (Å²) >= 11 is 0. The van der Waals surface area contributed by atoms with Gasteiger partial charge in [-0.1, -0.05) is 24.3 Å². The van der Waals surface area contributed by atoms with E-state index in [-0.39, 0.29) is 36.6 Å². The highest BCUT2D eigenvalue weighted by atomic mass is 35.5. The molecular weight excluding hydrogens is 413 g/mol. The third kappa shape index (κ3) is 3.59. The third-order valence-electron chi connectivity index (χ3n) is 6.06. The Kier molecular flexibility index (Phi) is 5.60. The Bertz CT molecular complexity index is 884. The van der Waals surface area contributed by atoms with Gasteiger partial charge in [-0.15, -0.1) is 12.4 Å². The molecule has 0 aromatic heterocycles. The van der Waals surface area contributed by atoms with Crippen LogP contribution in [0.1, 0.15) is 30.0 Å². The molecule has 4 rings (SSSR count). The Labute approximate surface area is 171 Å². The normalized spacial score (nSPS) is 25.2. The Balaban J connectivity index is 0.00000240. The lowest BCUT2D eigenvalue weighted by atomic mass is 9.68. The first-order valence-corrected chi connectivity index (χ1v) is 9.15. The number of rotatable bonds is 3. The van der Waals surface area contributed by atoms with E-state index in [0.717, 1.165) is 24.1 Å². The van der Waals surface area contributed by atoms with Crippen LogP contribution in [-0.4, -0.2) is 25.4 Å². The van der Waals surface area contributed by atoms with Crippen LogP contribution in [0.2, 0.25) is 0 Å². The molecule has 158 valence electrons. The lowest BCUT2D eigenvalue weighted by Gasteiger charge is -2.41. The van der Waals surface area contributed by atoms with Crippen molar-refractivity contribution in [2.45, 2.75) is 43.1 Å². The van der Waals surface area contributed by atoms with E-state index in [0.29, 0.717) is 13.3 Å². The minimum Gasteiger partial charge on any atom is -0.492 e. The number of hydrogen-bond acceptors (Lipinski definition) is 2. The van der Waals surface area contributed by atoms with E-state index in [1.165, 1.54) is 24.3 Å². The van der Waals surface area contributed by atoms with Gasteiger partial charge in [-0.25, -0.2) is 8.78 Å². The minimum atomic E-state index is -5.01. The van der Waals surface area contributed by atoms with Crippen LogP contribution in [0.25, 0.3) is 0 Å². The topological polar surface area (TPSA) is 21.3 Å². The number of ether oxygens (including phenoxy) is 1. The van der Waals surface area contributed by atoms with Crippen LogP contribution in [0, 0.1) is 5.82 Å². The van der Waals surface area contributed by atoms with Crippen molar-refractivity contribution in [1.82, 2.24) is 5.32 Å². The molecule has 1 saturated heterocycles. The van der Waals surface area contributed by atoms with E-state index in [2.05, 4.69) is 5.32 Å². The molecule has 0 saturated carbocycles. The molecule has 0 spiro atoms. The van der Waals surface area contributed by atoms with Crippen molar-refractivity contribution in [3.05, 3.63) is 65.0 Å². The van der Waals surface area contributed by atoms with Gasteiger partial charge in [0.05, 0.1) is 6.04 Å². The number of hydrogen-bond donors (Lipinski definition) is 1. The highest BCUT2D eigenvalue weighted by molar-refractivity contribution is 5.85. The fourth-order valence-corrected chi connectivity index (χ4v) is 4.34. The van der Waals surface area contributed by atoms with Gasteiger partial charge in [-0.3, -0.25) is 0 Å². The molecule has 8 heteroatoms. The standard InChI is InChI=1S/C21H20F5NO.ClH/c1-19(23,21(24,25)26)14-4-7-16-17(10-14)28-12-18-20(16,8-9-27-18)11-13-2-5-15(22)6-3-13;/h2-7,10,18,27H,8-9,11-12H2,1H3;1H. The van der Waals surface area contributed by atoms with Gasteiger partial charge in [0.1, 0.15) is 18.2 Å². The van der Waals surface area contributed by atoms with Crippen molar-refractivity contribution in [3.8, 4) is 5.75 Å². The number of nitrogens with one attached hydrogen (secondary N) is 1. The van der Waals surface area contributed by atoms with Crippen molar-refractivity contribution in [2.75, 3.05) is 13.2 Å². The van der Waals surface area contributed by atoms with E-state index in [1.807, 2.05) is 0 Å². The van der Waals surface area contributed by atoms with E-state index >= 15 is 0 Å². The molecule has 3 unspecified atom stereocenters. The predicted octanol–water partition coefficient (Wildman–Crippen LogP) is 5.23. The molecule has 0 bridgehead atoms. The van der Waals surface area contributed by atoms with E-state index in [1.54, 1.807) is 18.2 Å². The Morgan fingerprint density at radius 1 is 1.10 bits per heavy atom. The van der Waals surface area contributed by atoms with E-state index in [4.69, 9.17) is 4.74 Å². The molecule has 0 amide bonds. The molecule has 0 radical (unpaired) electrons. The second-order valence-electron chi connectivity index (χ2n) is 7.74. The molecule has 2 aromatic rings. The average Bonchev–Trinajstić information content (AvgIpc) is 3.06. The van der Waals surface area contributed by atoms with Gasteiger partial charge in [0, 0.05) is 16.5 Å². The first-order chi connectivity index (χ1) is 13.1. The highest BCUT2D eigenvalue weighted by Gasteiger charge is 2.54. The summed E-state index contributed by atoms with van der Waals surface area (Å²) in [5.74, 6) is -0.0403. The summed E-state index contributed by atoms with van der Waals surface area (Å²) in [7, 11) is 0. The average molecular weight is 434 g/mol. The van der Waals surface area contributed by atoms with Gasteiger partial charge in [0.25, 0.3) is 0 Å². The summed E-state index contributed by atoms with van der Waals surface area (Å²) in [5.41, 5.74) is -2.63. The van der Waals surface area contributed by atoms with Gasteiger partial charge in [-0.2, -0.15) is 13.2 Å². The summed E-state index contributed by atoms with van der Waals surface area (Å²) in [6.45, 7) is 1.54. The minimum absolute atomic E-state index is 0. The monoisotopic (exact) mass is 433 g/mol. The van der Waals surface area contributed by atoms with Crippen LogP contribution in [0.3, 0.4) is 0 Å². The van der Waals surface area contributed by atoms with Crippen LogP contribution in [0.4, 0.5) is 22.0 Å². The van der Waals surface area contributed by atoms with Gasteiger partial charge < -0.3 is 10.1 Å². The Hall–Kier alpha value is -1.86. The van der Waals surface area contributed by atoms with Gasteiger partial charge in [0.15, 0.2) is 0 Å². The smallest absolute Gasteiger partial charge is 0.426 e. The lowest BCUT2D eigenvalue weighted by Crippen LogP contribution is -2.49. The van der Waals surface area contributed by atoms with Crippen LogP contribution >= 0.6 is 12.4 Å². The fourth-order valence-electron chi connectivity index (χ4n) is 4.34. The third-order valence-corrected chi connectivity index (χ3v) is 6.06. The number of benzene rings is 2. The lowest BCUT2D eigenvalue weighted by molar-refractivity contribution is -0.228. The summed E-state index contributed by atoms with van der Waals surface area (Å²) in [6, 6.07) is 10.1. The molecule has 2 nitrogen and oxygen atoms in total. The SMILES string of the molecule is CC(F)(c1ccc2c(c1)OCC1NCCC21Cc1ccc(F)cc1)C(F)(F)F.Cl. The molecular formula is C21H21ClF5NO. The molecule has 2 heterocycles. The maximum absolute atomic E-state index is 14.4. The van der Waals surface area contributed by atoms with Crippen LogP contribution in [0.15, 0.2) is 42.5 Å². The van der Waals surface area contributed by atoms with Crippen molar-refractivity contribution in [3.63, 3.8) is 0 Å². The van der Waals surface area contributed by atoms with Crippen molar-refractivity contribution in [2.24, 2.45) is 0 Å². The quantitative estimate of drug-likeness (QED) is 0.669. The van der Waals surface area contributed by atoms with Crippen LogP contribution < -0.4 is 10.1 Å². The maximum atomic E-state index is 14.4. The van der Waals surface area contributed by atoms with Crippen LogP contribution in [0.5, 0.6) is 5.75 Å². The molecule has 1 fully saturated rings. The number of alkyl halides is 4.